The monoisotopic (exact) mass is 275 g/mol. The van der Waals surface area contributed by atoms with E-state index in [-0.39, 0.29) is 5.91 Å². The molecule has 0 radical (unpaired) electrons. The molecule has 1 fully saturated rings. The van der Waals surface area contributed by atoms with Crippen LogP contribution in [0.5, 0.6) is 0 Å². The van der Waals surface area contributed by atoms with E-state index in [1.165, 1.54) is 17.5 Å². The zero-order valence-corrected chi connectivity index (χ0v) is 11.5. The topological polar surface area (TPSA) is 49.3 Å². The molecular weight excluding hydrogens is 258 g/mol. The molecule has 2 aromatic rings. The third-order valence-corrected chi connectivity index (χ3v) is 4.52. The first kappa shape index (κ1) is 12.6. The Hall–Kier alpha value is -1.39. The molecular formula is C15H17NO2S. The number of carbonyl (C=O) groups is 1. The van der Waals surface area contributed by atoms with E-state index < -0.39 is 6.10 Å². The van der Waals surface area contributed by atoms with Gasteiger partial charge in [0.05, 0.1) is 6.10 Å². The average molecular weight is 275 g/mol. The van der Waals surface area contributed by atoms with E-state index in [1.54, 1.807) is 11.3 Å². The molecule has 0 spiro atoms. The van der Waals surface area contributed by atoms with E-state index >= 15 is 0 Å². The SMILES string of the molecule is O=C(CC1CC1)NCC(O)c1csc2ccccc12. The van der Waals surface area contributed by atoms with E-state index in [0.29, 0.717) is 18.9 Å². The second-order valence-electron chi connectivity index (χ2n) is 5.15. The van der Waals surface area contributed by atoms with E-state index in [2.05, 4.69) is 5.32 Å². The van der Waals surface area contributed by atoms with Gasteiger partial charge in [0.1, 0.15) is 0 Å². The molecule has 1 aliphatic rings. The van der Waals surface area contributed by atoms with Crippen molar-refractivity contribution in [1.82, 2.24) is 5.32 Å². The highest BCUT2D eigenvalue weighted by atomic mass is 32.1. The number of benzene rings is 1. The molecule has 1 amide bonds. The Morgan fingerprint density at radius 2 is 2.21 bits per heavy atom. The molecule has 1 aromatic heterocycles. The average Bonchev–Trinajstić information content (AvgIpc) is 3.12. The van der Waals surface area contributed by atoms with Crippen LogP contribution in [-0.4, -0.2) is 17.6 Å². The van der Waals surface area contributed by atoms with Crippen LogP contribution >= 0.6 is 11.3 Å². The maximum absolute atomic E-state index is 11.6. The largest absolute Gasteiger partial charge is 0.387 e. The van der Waals surface area contributed by atoms with Gasteiger partial charge in [0, 0.05) is 23.2 Å². The Kier molecular flexibility index (Phi) is 3.53. The first-order valence-electron chi connectivity index (χ1n) is 6.65. The Balaban J connectivity index is 1.62. The lowest BCUT2D eigenvalue weighted by atomic mass is 10.1. The van der Waals surface area contributed by atoms with Crippen molar-refractivity contribution in [2.45, 2.75) is 25.4 Å². The minimum atomic E-state index is -0.626. The van der Waals surface area contributed by atoms with Crippen molar-refractivity contribution in [3.8, 4) is 0 Å². The fraction of sp³-hybridized carbons (Fsp3) is 0.400. The van der Waals surface area contributed by atoms with Crippen molar-refractivity contribution in [3.05, 3.63) is 35.2 Å². The zero-order chi connectivity index (χ0) is 13.2. The number of carbonyl (C=O) groups excluding carboxylic acids is 1. The highest BCUT2D eigenvalue weighted by Crippen LogP contribution is 2.32. The van der Waals surface area contributed by atoms with Crippen LogP contribution in [0, 0.1) is 5.92 Å². The van der Waals surface area contributed by atoms with Gasteiger partial charge in [0.15, 0.2) is 0 Å². The van der Waals surface area contributed by atoms with E-state index in [0.717, 1.165) is 10.9 Å². The molecule has 1 saturated carbocycles. The summed E-state index contributed by atoms with van der Waals surface area (Å²) < 4.78 is 1.17. The van der Waals surface area contributed by atoms with E-state index in [1.807, 2.05) is 29.6 Å². The van der Waals surface area contributed by atoms with Gasteiger partial charge >= 0.3 is 0 Å². The van der Waals surface area contributed by atoms with Gasteiger partial charge in [-0.05, 0) is 35.6 Å². The summed E-state index contributed by atoms with van der Waals surface area (Å²) in [5.74, 6) is 0.639. The van der Waals surface area contributed by atoms with Gasteiger partial charge in [-0.2, -0.15) is 0 Å². The number of hydrogen-bond acceptors (Lipinski definition) is 3. The summed E-state index contributed by atoms with van der Waals surface area (Å²) in [6.45, 7) is 0.298. The van der Waals surface area contributed by atoms with Gasteiger partial charge in [-0.3, -0.25) is 4.79 Å². The molecule has 100 valence electrons. The van der Waals surface area contributed by atoms with Crippen molar-refractivity contribution >= 4 is 27.3 Å². The maximum atomic E-state index is 11.6. The predicted molar refractivity (Wildman–Crippen MR) is 77.1 cm³/mol. The number of amides is 1. The number of aliphatic hydroxyl groups is 1. The second-order valence-corrected chi connectivity index (χ2v) is 6.07. The maximum Gasteiger partial charge on any atom is 0.220 e. The molecule has 0 bridgehead atoms. The fourth-order valence-corrected chi connectivity index (χ4v) is 3.24. The third-order valence-electron chi connectivity index (χ3n) is 3.53. The summed E-state index contributed by atoms with van der Waals surface area (Å²) in [6, 6.07) is 8.02. The third kappa shape index (κ3) is 2.96. The molecule has 1 atom stereocenters. The van der Waals surface area contributed by atoms with Crippen LogP contribution in [0.1, 0.15) is 30.9 Å². The summed E-state index contributed by atoms with van der Waals surface area (Å²) in [5.41, 5.74) is 0.910. The number of hydrogen-bond donors (Lipinski definition) is 2. The Morgan fingerprint density at radius 1 is 1.42 bits per heavy atom. The predicted octanol–water partition coefficient (Wildman–Crippen LogP) is 2.85. The number of rotatable bonds is 5. The highest BCUT2D eigenvalue weighted by Gasteiger charge is 2.24. The van der Waals surface area contributed by atoms with Crippen LogP contribution in [0.25, 0.3) is 10.1 Å². The number of aliphatic hydroxyl groups excluding tert-OH is 1. The van der Waals surface area contributed by atoms with Crippen molar-refractivity contribution in [2.24, 2.45) is 5.92 Å². The summed E-state index contributed by atoms with van der Waals surface area (Å²) in [6.07, 6.45) is 2.33. The molecule has 1 heterocycles. The molecule has 1 unspecified atom stereocenters. The molecule has 0 saturated heterocycles. The van der Waals surface area contributed by atoms with Crippen LogP contribution in [0.15, 0.2) is 29.6 Å². The first-order chi connectivity index (χ1) is 9.24. The molecule has 4 heteroatoms. The van der Waals surface area contributed by atoms with Crippen LogP contribution in [0.3, 0.4) is 0 Å². The minimum absolute atomic E-state index is 0.0566. The standard InChI is InChI=1S/C15H17NO2S/c17-13(8-16-15(18)7-10-5-6-10)12-9-19-14-4-2-1-3-11(12)14/h1-4,9-10,13,17H,5-8H2,(H,16,18). The van der Waals surface area contributed by atoms with Crippen LogP contribution in [0.2, 0.25) is 0 Å². The van der Waals surface area contributed by atoms with Crippen molar-refractivity contribution in [1.29, 1.82) is 0 Å². The smallest absolute Gasteiger partial charge is 0.220 e. The van der Waals surface area contributed by atoms with Gasteiger partial charge in [-0.25, -0.2) is 0 Å². The van der Waals surface area contributed by atoms with Gasteiger partial charge in [0.25, 0.3) is 0 Å². The molecule has 0 aliphatic heterocycles. The van der Waals surface area contributed by atoms with Crippen molar-refractivity contribution < 1.29 is 9.90 Å². The molecule has 3 nitrogen and oxygen atoms in total. The fourth-order valence-electron chi connectivity index (χ4n) is 2.23. The highest BCUT2D eigenvalue weighted by molar-refractivity contribution is 7.17. The normalized spacial score (nSPS) is 16.5. The Labute approximate surface area is 116 Å². The van der Waals surface area contributed by atoms with Crippen molar-refractivity contribution in [2.75, 3.05) is 6.54 Å². The zero-order valence-electron chi connectivity index (χ0n) is 10.6. The summed E-state index contributed by atoms with van der Waals surface area (Å²) >= 11 is 1.62. The van der Waals surface area contributed by atoms with Crippen molar-refractivity contribution in [3.63, 3.8) is 0 Å². The number of nitrogens with one attached hydrogen (secondary N) is 1. The van der Waals surface area contributed by atoms with Crippen LogP contribution in [-0.2, 0) is 4.79 Å². The van der Waals surface area contributed by atoms with Gasteiger partial charge in [-0.15, -0.1) is 11.3 Å². The first-order valence-corrected chi connectivity index (χ1v) is 7.53. The lowest BCUT2D eigenvalue weighted by molar-refractivity contribution is -0.121. The van der Waals surface area contributed by atoms with Gasteiger partial charge in [-0.1, -0.05) is 18.2 Å². The van der Waals surface area contributed by atoms with Crippen LogP contribution < -0.4 is 5.32 Å². The molecule has 19 heavy (non-hydrogen) atoms. The molecule has 2 N–H and O–H groups in total. The quantitative estimate of drug-likeness (QED) is 0.881. The Morgan fingerprint density at radius 3 is 3.00 bits per heavy atom. The van der Waals surface area contributed by atoms with Gasteiger partial charge < -0.3 is 10.4 Å². The number of thiophene rings is 1. The number of fused-ring (bicyclic) bond motifs is 1. The lowest BCUT2D eigenvalue weighted by Crippen LogP contribution is -2.28. The van der Waals surface area contributed by atoms with E-state index in [9.17, 15) is 9.90 Å². The van der Waals surface area contributed by atoms with Gasteiger partial charge in [0.2, 0.25) is 5.91 Å². The molecule has 1 aliphatic carbocycles. The summed E-state index contributed by atoms with van der Waals surface area (Å²) in [7, 11) is 0. The lowest BCUT2D eigenvalue weighted by Gasteiger charge is -2.11. The molecule has 3 rings (SSSR count). The van der Waals surface area contributed by atoms with E-state index in [4.69, 9.17) is 0 Å². The summed E-state index contributed by atoms with van der Waals surface area (Å²) in [5, 5.41) is 16.1. The molecule has 1 aromatic carbocycles. The summed E-state index contributed by atoms with van der Waals surface area (Å²) in [4.78, 5) is 11.6. The minimum Gasteiger partial charge on any atom is -0.387 e. The van der Waals surface area contributed by atoms with Crippen LogP contribution in [0.4, 0.5) is 0 Å². The Bertz CT molecular complexity index is 589. The second kappa shape index (κ2) is 5.31.